The zero-order valence-electron chi connectivity index (χ0n) is 10.6. The van der Waals surface area contributed by atoms with Crippen LogP contribution in [0.2, 0.25) is 0 Å². The maximum atomic E-state index is 11.2. The minimum absolute atomic E-state index is 0.0516. The molecule has 0 saturated carbocycles. The lowest BCUT2D eigenvalue weighted by Crippen LogP contribution is -1.91. The number of hydrogen-bond acceptors (Lipinski definition) is 4. The second kappa shape index (κ2) is 5.58. The van der Waals surface area contributed by atoms with E-state index in [4.69, 9.17) is 4.52 Å². The van der Waals surface area contributed by atoms with E-state index >= 15 is 0 Å². The Balaban J connectivity index is 2.15. The van der Waals surface area contributed by atoms with Crippen LogP contribution in [0.1, 0.15) is 42.9 Å². The molecular weight excluding hydrogens is 228 g/mol. The summed E-state index contributed by atoms with van der Waals surface area (Å²) >= 11 is 0. The summed E-state index contributed by atoms with van der Waals surface area (Å²) < 4.78 is 5.20. The molecule has 0 unspecified atom stereocenters. The van der Waals surface area contributed by atoms with Crippen LogP contribution in [-0.2, 0) is 6.42 Å². The van der Waals surface area contributed by atoms with E-state index in [1.54, 1.807) is 19.1 Å². The van der Waals surface area contributed by atoms with E-state index in [9.17, 15) is 4.79 Å². The number of nitrogens with zero attached hydrogens (tertiary/aromatic N) is 2. The molecule has 2 rings (SSSR count). The van der Waals surface area contributed by atoms with Gasteiger partial charge in [0.05, 0.1) is 0 Å². The van der Waals surface area contributed by atoms with Gasteiger partial charge in [0.25, 0.3) is 5.89 Å². The molecule has 0 aliphatic heterocycles. The van der Waals surface area contributed by atoms with Crippen molar-refractivity contribution in [2.24, 2.45) is 0 Å². The van der Waals surface area contributed by atoms with Crippen LogP contribution in [0.25, 0.3) is 11.5 Å². The van der Waals surface area contributed by atoms with Gasteiger partial charge in [0, 0.05) is 17.5 Å². The number of carbonyl (C=O) groups is 1. The van der Waals surface area contributed by atoms with Crippen LogP contribution in [0.5, 0.6) is 0 Å². The predicted molar refractivity (Wildman–Crippen MR) is 68.4 cm³/mol. The zero-order chi connectivity index (χ0) is 13.0. The van der Waals surface area contributed by atoms with Crippen molar-refractivity contribution in [3.63, 3.8) is 0 Å². The Bertz CT molecular complexity index is 529. The molecule has 0 atom stereocenters. The number of ketones is 1. The van der Waals surface area contributed by atoms with Gasteiger partial charge in [-0.3, -0.25) is 4.79 Å². The largest absolute Gasteiger partial charge is 0.334 e. The molecule has 1 aromatic carbocycles. The van der Waals surface area contributed by atoms with Gasteiger partial charge in [-0.05, 0) is 25.5 Å². The normalized spacial score (nSPS) is 10.6. The van der Waals surface area contributed by atoms with Gasteiger partial charge in [-0.2, -0.15) is 4.98 Å². The van der Waals surface area contributed by atoms with Gasteiger partial charge in [-0.1, -0.05) is 30.6 Å². The lowest BCUT2D eigenvalue weighted by molar-refractivity contribution is 0.101. The van der Waals surface area contributed by atoms with Crippen molar-refractivity contribution in [2.75, 3.05) is 0 Å². The third kappa shape index (κ3) is 2.83. The van der Waals surface area contributed by atoms with Crippen molar-refractivity contribution in [3.05, 3.63) is 35.7 Å². The standard InChI is InChI=1S/C14H16N2O2/c1-3-4-5-13-15-14(18-16-13)12-8-6-11(7-9-12)10(2)17/h6-9H,3-5H2,1-2H3. The maximum absolute atomic E-state index is 11.2. The van der Waals surface area contributed by atoms with Crippen LogP contribution in [0.4, 0.5) is 0 Å². The topological polar surface area (TPSA) is 56.0 Å². The third-order valence-corrected chi connectivity index (χ3v) is 2.76. The number of carbonyl (C=O) groups excluding carboxylic acids is 1. The van der Waals surface area contributed by atoms with Crippen molar-refractivity contribution in [3.8, 4) is 11.5 Å². The smallest absolute Gasteiger partial charge is 0.257 e. The van der Waals surface area contributed by atoms with Gasteiger partial charge in [0.15, 0.2) is 11.6 Å². The molecule has 0 aliphatic rings. The predicted octanol–water partition coefficient (Wildman–Crippen LogP) is 3.28. The minimum Gasteiger partial charge on any atom is -0.334 e. The summed E-state index contributed by atoms with van der Waals surface area (Å²) in [4.78, 5) is 15.5. The number of Topliss-reactive ketones (excluding diaryl/α,β-unsaturated/α-hetero) is 1. The molecule has 0 radical (unpaired) electrons. The molecule has 0 aliphatic carbocycles. The summed E-state index contributed by atoms with van der Waals surface area (Å²) in [5, 5.41) is 3.93. The molecule has 0 bridgehead atoms. The fourth-order valence-electron chi connectivity index (χ4n) is 1.66. The number of aryl methyl sites for hydroxylation is 1. The molecule has 4 nitrogen and oxygen atoms in total. The molecule has 1 aromatic heterocycles. The van der Waals surface area contributed by atoms with Gasteiger partial charge < -0.3 is 4.52 Å². The van der Waals surface area contributed by atoms with Crippen LogP contribution in [-0.4, -0.2) is 15.9 Å². The lowest BCUT2D eigenvalue weighted by atomic mass is 10.1. The quantitative estimate of drug-likeness (QED) is 0.757. The molecule has 0 fully saturated rings. The van der Waals surface area contributed by atoms with Crippen molar-refractivity contribution in [2.45, 2.75) is 33.1 Å². The first-order chi connectivity index (χ1) is 8.70. The van der Waals surface area contributed by atoms with Crippen molar-refractivity contribution < 1.29 is 9.32 Å². The first kappa shape index (κ1) is 12.5. The summed E-state index contributed by atoms with van der Waals surface area (Å²) in [6.45, 7) is 3.67. The summed E-state index contributed by atoms with van der Waals surface area (Å²) in [5.41, 5.74) is 1.53. The van der Waals surface area contributed by atoms with Gasteiger partial charge in [0.2, 0.25) is 0 Å². The second-order valence-corrected chi connectivity index (χ2v) is 4.25. The monoisotopic (exact) mass is 244 g/mol. The molecule has 18 heavy (non-hydrogen) atoms. The molecule has 94 valence electrons. The lowest BCUT2D eigenvalue weighted by Gasteiger charge is -1.96. The highest BCUT2D eigenvalue weighted by atomic mass is 16.5. The maximum Gasteiger partial charge on any atom is 0.257 e. The van der Waals surface area contributed by atoms with Gasteiger partial charge in [-0.25, -0.2) is 0 Å². The van der Waals surface area contributed by atoms with Crippen LogP contribution < -0.4 is 0 Å². The van der Waals surface area contributed by atoms with E-state index in [1.165, 1.54) is 0 Å². The summed E-state index contributed by atoms with van der Waals surface area (Å²) in [5.74, 6) is 1.30. The minimum atomic E-state index is 0.0516. The number of rotatable bonds is 5. The molecule has 0 N–H and O–H groups in total. The summed E-state index contributed by atoms with van der Waals surface area (Å²) in [7, 11) is 0. The van der Waals surface area contributed by atoms with E-state index < -0.39 is 0 Å². The summed E-state index contributed by atoms with van der Waals surface area (Å²) in [6, 6.07) is 7.20. The van der Waals surface area contributed by atoms with Crippen molar-refractivity contribution in [1.29, 1.82) is 0 Å². The highest BCUT2D eigenvalue weighted by Crippen LogP contribution is 2.18. The molecule has 4 heteroatoms. The first-order valence-corrected chi connectivity index (χ1v) is 6.14. The Morgan fingerprint density at radius 1 is 1.28 bits per heavy atom. The van der Waals surface area contributed by atoms with E-state index in [1.807, 2.05) is 12.1 Å². The van der Waals surface area contributed by atoms with E-state index in [0.717, 1.165) is 30.7 Å². The van der Waals surface area contributed by atoms with Crippen LogP contribution in [0.3, 0.4) is 0 Å². The van der Waals surface area contributed by atoms with Crippen LogP contribution in [0.15, 0.2) is 28.8 Å². The highest BCUT2D eigenvalue weighted by Gasteiger charge is 2.08. The average molecular weight is 244 g/mol. The number of aromatic nitrogens is 2. The first-order valence-electron chi connectivity index (χ1n) is 6.14. The molecule has 0 saturated heterocycles. The average Bonchev–Trinajstić information content (AvgIpc) is 2.85. The number of unbranched alkanes of at least 4 members (excludes halogenated alkanes) is 1. The highest BCUT2D eigenvalue weighted by molar-refractivity contribution is 5.94. The molecular formula is C14H16N2O2. The van der Waals surface area contributed by atoms with Gasteiger partial charge in [0.1, 0.15) is 0 Å². The van der Waals surface area contributed by atoms with Crippen LogP contribution in [0, 0.1) is 0 Å². The molecule has 2 aromatic rings. The SMILES string of the molecule is CCCCc1noc(-c2ccc(C(C)=O)cc2)n1. The third-order valence-electron chi connectivity index (χ3n) is 2.76. The Hall–Kier alpha value is -1.97. The fourth-order valence-corrected chi connectivity index (χ4v) is 1.66. The van der Waals surface area contributed by atoms with Crippen molar-refractivity contribution >= 4 is 5.78 Å². The number of benzene rings is 1. The molecule has 1 heterocycles. The Morgan fingerprint density at radius 3 is 2.61 bits per heavy atom. The number of hydrogen-bond donors (Lipinski definition) is 0. The summed E-state index contributed by atoms with van der Waals surface area (Å²) in [6.07, 6.45) is 3.00. The van der Waals surface area contributed by atoms with E-state index in [-0.39, 0.29) is 5.78 Å². The fraction of sp³-hybridized carbons (Fsp3) is 0.357. The Kier molecular flexibility index (Phi) is 3.87. The van der Waals surface area contributed by atoms with E-state index in [0.29, 0.717) is 11.5 Å². The van der Waals surface area contributed by atoms with E-state index in [2.05, 4.69) is 17.1 Å². The zero-order valence-corrected chi connectivity index (χ0v) is 10.6. The van der Waals surface area contributed by atoms with Gasteiger partial charge >= 0.3 is 0 Å². The van der Waals surface area contributed by atoms with Crippen molar-refractivity contribution in [1.82, 2.24) is 10.1 Å². The Labute approximate surface area is 106 Å². The second-order valence-electron chi connectivity index (χ2n) is 4.25. The van der Waals surface area contributed by atoms with Gasteiger partial charge in [-0.15, -0.1) is 0 Å². The molecule has 0 amide bonds. The molecule has 0 spiro atoms. The Morgan fingerprint density at radius 2 is 2.00 bits per heavy atom. The van der Waals surface area contributed by atoms with Crippen LogP contribution >= 0.6 is 0 Å².